The molecule has 0 aliphatic carbocycles. The molecule has 2 heterocycles. The predicted octanol–water partition coefficient (Wildman–Crippen LogP) is 3.51. The van der Waals surface area contributed by atoms with Crippen molar-refractivity contribution in [3.8, 4) is 0 Å². The monoisotopic (exact) mass is 255 g/mol. The van der Waals surface area contributed by atoms with E-state index >= 15 is 0 Å². The molecule has 0 spiro atoms. The Balaban J connectivity index is 2.09. The molecule has 94 valence electrons. The van der Waals surface area contributed by atoms with Crippen LogP contribution in [-0.2, 0) is 0 Å². The van der Waals surface area contributed by atoms with Gasteiger partial charge in [0.2, 0.25) is 5.78 Å². The second-order valence-corrected chi connectivity index (χ2v) is 4.35. The zero-order chi connectivity index (χ0) is 13.4. The summed E-state index contributed by atoms with van der Waals surface area (Å²) < 4.78 is 18.8. The Hall–Kier alpha value is -2.49. The minimum absolute atomic E-state index is 0.103. The molecular weight excluding hydrogens is 245 g/mol. The van der Waals surface area contributed by atoms with Crippen LogP contribution in [0.3, 0.4) is 0 Å². The maximum absolute atomic E-state index is 13.5. The average molecular weight is 255 g/mol. The molecule has 0 saturated heterocycles. The van der Waals surface area contributed by atoms with E-state index in [1.807, 2.05) is 6.92 Å². The van der Waals surface area contributed by atoms with Gasteiger partial charge in [-0.15, -0.1) is 0 Å². The van der Waals surface area contributed by atoms with Crippen LogP contribution < -0.4 is 0 Å². The summed E-state index contributed by atoms with van der Waals surface area (Å²) in [6.45, 7) is 1.85. The molecule has 0 bridgehead atoms. The zero-order valence-electron chi connectivity index (χ0n) is 10.2. The van der Waals surface area contributed by atoms with E-state index in [1.165, 1.54) is 12.3 Å². The largest absolute Gasteiger partial charge is 0.449 e. The van der Waals surface area contributed by atoms with Crippen LogP contribution in [-0.4, -0.2) is 10.8 Å². The number of carbonyl (C=O) groups excluding carboxylic acids is 1. The number of pyridine rings is 1. The predicted molar refractivity (Wildman–Crippen MR) is 68.6 cm³/mol. The zero-order valence-corrected chi connectivity index (χ0v) is 10.2. The van der Waals surface area contributed by atoms with Crippen molar-refractivity contribution in [2.24, 2.45) is 0 Å². The lowest BCUT2D eigenvalue weighted by Crippen LogP contribution is -2.00. The molecule has 19 heavy (non-hydrogen) atoms. The molecule has 0 aliphatic heterocycles. The normalized spacial score (nSPS) is 10.8. The SMILES string of the molecule is Cc1cncc(C(=O)c2cc3cccc(F)c3o2)c1. The van der Waals surface area contributed by atoms with Gasteiger partial charge in [-0.1, -0.05) is 12.1 Å². The number of carbonyl (C=O) groups is 1. The fourth-order valence-electron chi connectivity index (χ4n) is 1.96. The lowest BCUT2D eigenvalue weighted by molar-refractivity contribution is 0.101. The van der Waals surface area contributed by atoms with Crippen molar-refractivity contribution >= 4 is 16.8 Å². The van der Waals surface area contributed by atoms with Crippen molar-refractivity contribution in [2.75, 3.05) is 0 Å². The van der Waals surface area contributed by atoms with Crippen LogP contribution in [0.15, 0.2) is 47.1 Å². The summed E-state index contributed by atoms with van der Waals surface area (Å²) in [5.74, 6) is -0.654. The van der Waals surface area contributed by atoms with Gasteiger partial charge < -0.3 is 4.42 Å². The topological polar surface area (TPSA) is 43.1 Å². The van der Waals surface area contributed by atoms with Gasteiger partial charge in [-0.3, -0.25) is 9.78 Å². The van der Waals surface area contributed by atoms with Crippen LogP contribution in [0, 0.1) is 12.7 Å². The number of ketones is 1. The summed E-state index contributed by atoms with van der Waals surface area (Å²) in [6, 6.07) is 7.85. The number of furan rings is 1. The summed E-state index contributed by atoms with van der Waals surface area (Å²) >= 11 is 0. The van der Waals surface area contributed by atoms with E-state index in [9.17, 15) is 9.18 Å². The fourth-order valence-corrected chi connectivity index (χ4v) is 1.96. The molecule has 0 unspecified atom stereocenters. The van der Waals surface area contributed by atoms with Crippen LogP contribution in [0.25, 0.3) is 11.0 Å². The highest BCUT2D eigenvalue weighted by Crippen LogP contribution is 2.23. The quantitative estimate of drug-likeness (QED) is 0.658. The Bertz CT molecular complexity index is 777. The molecule has 0 saturated carbocycles. The Morgan fingerprint density at radius 1 is 1.26 bits per heavy atom. The summed E-state index contributed by atoms with van der Waals surface area (Å²) in [5, 5.41) is 0.573. The Labute approximate surface area is 108 Å². The number of hydrogen-bond acceptors (Lipinski definition) is 3. The third kappa shape index (κ3) is 2.01. The van der Waals surface area contributed by atoms with Crippen LogP contribution in [0.4, 0.5) is 4.39 Å². The maximum atomic E-state index is 13.5. The van der Waals surface area contributed by atoms with Crippen LogP contribution >= 0.6 is 0 Å². The Morgan fingerprint density at radius 2 is 2.11 bits per heavy atom. The van der Waals surface area contributed by atoms with Gasteiger partial charge in [0, 0.05) is 23.3 Å². The van der Waals surface area contributed by atoms with E-state index in [0.717, 1.165) is 5.56 Å². The van der Waals surface area contributed by atoms with Crippen molar-refractivity contribution in [3.05, 3.63) is 65.4 Å². The molecule has 3 rings (SSSR count). The highest BCUT2D eigenvalue weighted by molar-refractivity contribution is 6.08. The van der Waals surface area contributed by atoms with E-state index in [1.54, 1.807) is 30.5 Å². The van der Waals surface area contributed by atoms with E-state index < -0.39 is 5.82 Å². The van der Waals surface area contributed by atoms with Crippen molar-refractivity contribution in [1.82, 2.24) is 4.98 Å². The van der Waals surface area contributed by atoms with Gasteiger partial charge in [0.1, 0.15) is 0 Å². The van der Waals surface area contributed by atoms with Crippen LogP contribution in [0.5, 0.6) is 0 Å². The highest BCUT2D eigenvalue weighted by Gasteiger charge is 2.16. The number of nitrogens with zero attached hydrogens (tertiary/aromatic N) is 1. The second kappa shape index (κ2) is 4.31. The first-order chi connectivity index (χ1) is 9.15. The maximum Gasteiger partial charge on any atom is 0.229 e. The molecule has 0 atom stereocenters. The molecule has 1 aromatic carbocycles. The molecule has 0 N–H and O–H groups in total. The van der Waals surface area contributed by atoms with E-state index in [2.05, 4.69) is 4.98 Å². The number of aryl methyl sites for hydroxylation is 1. The fraction of sp³-hybridized carbons (Fsp3) is 0.0667. The molecule has 2 aromatic heterocycles. The van der Waals surface area contributed by atoms with Crippen LogP contribution in [0.2, 0.25) is 0 Å². The van der Waals surface area contributed by atoms with Gasteiger partial charge in [-0.05, 0) is 30.7 Å². The van der Waals surface area contributed by atoms with Gasteiger partial charge >= 0.3 is 0 Å². The van der Waals surface area contributed by atoms with E-state index in [0.29, 0.717) is 10.9 Å². The van der Waals surface area contributed by atoms with E-state index in [4.69, 9.17) is 4.42 Å². The van der Waals surface area contributed by atoms with Crippen LogP contribution in [0.1, 0.15) is 21.7 Å². The first kappa shape index (κ1) is 11.6. The molecule has 0 radical (unpaired) electrons. The third-order valence-electron chi connectivity index (χ3n) is 2.86. The van der Waals surface area contributed by atoms with Crippen molar-refractivity contribution in [2.45, 2.75) is 6.92 Å². The summed E-state index contributed by atoms with van der Waals surface area (Å²) in [5.41, 5.74) is 1.42. The summed E-state index contributed by atoms with van der Waals surface area (Å²) in [6.07, 6.45) is 3.13. The molecule has 4 heteroatoms. The number of rotatable bonds is 2. The van der Waals surface area contributed by atoms with Gasteiger partial charge in [0.15, 0.2) is 17.2 Å². The summed E-state index contributed by atoms with van der Waals surface area (Å²) in [4.78, 5) is 16.2. The molecule has 3 nitrogen and oxygen atoms in total. The van der Waals surface area contributed by atoms with Gasteiger partial charge in [0.25, 0.3) is 0 Å². The second-order valence-electron chi connectivity index (χ2n) is 4.35. The minimum atomic E-state index is -0.473. The number of benzene rings is 1. The smallest absolute Gasteiger partial charge is 0.229 e. The highest BCUT2D eigenvalue weighted by atomic mass is 19.1. The molecule has 0 aliphatic rings. The number of halogens is 1. The minimum Gasteiger partial charge on any atom is -0.449 e. The van der Waals surface area contributed by atoms with E-state index in [-0.39, 0.29) is 17.1 Å². The first-order valence-corrected chi connectivity index (χ1v) is 5.79. The van der Waals surface area contributed by atoms with Gasteiger partial charge in [0.05, 0.1) is 0 Å². The van der Waals surface area contributed by atoms with Gasteiger partial charge in [-0.25, -0.2) is 4.39 Å². The number of hydrogen-bond donors (Lipinski definition) is 0. The Morgan fingerprint density at radius 3 is 2.84 bits per heavy atom. The molecule has 0 fully saturated rings. The molecule has 3 aromatic rings. The lowest BCUT2D eigenvalue weighted by Gasteiger charge is -1.97. The first-order valence-electron chi connectivity index (χ1n) is 5.79. The van der Waals surface area contributed by atoms with Crippen molar-refractivity contribution < 1.29 is 13.6 Å². The van der Waals surface area contributed by atoms with Crippen molar-refractivity contribution in [3.63, 3.8) is 0 Å². The molecule has 0 amide bonds. The number of aromatic nitrogens is 1. The van der Waals surface area contributed by atoms with Gasteiger partial charge in [-0.2, -0.15) is 0 Å². The third-order valence-corrected chi connectivity index (χ3v) is 2.86. The van der Waals surface area contributed by atoms with Crippen molar-refractivity contribution in [1.29, 1.82) is 0 Å². The Kier molecular flexibility index (Phi) is 2.63. The number of para-hydroxylation sites is 1. The standard InChI is InChI=1S/C15H10FNO2/c1-9-5-11(8-17-7-9)14(18)13-6-10-3-2-4-12(16)15(10)19-13/h2-8H,1H3. The number of fused-ring (bicyclic) bond motifs is 1. The lowest BCUT2D eigenvalue weighted by atomic mass is 10.1. The average Bonchev–Trinajstić information content (AvgIpc) is 2.83. The molecular formula is C15H10FNO2. The summed E-state index contributed by atoms with van der Waals surface area (Å²) in [7, 11) is 0.